The van der Waals surface area contributed by atoms with E-state index in [1.165, 1.54) is 6.33 Å². The predicted molar refractivity (Wildman–Crippen MR) is 133 cm³/mol. The highest BCUT2D eigenvalue weighted by Gasteiger charge is 2.15. The molecule has 0 saturated heterocycles. The van der Waals surface area contributed by atoms with Crippen LogP contribution in [0.5, 0.6) is 0 Å². The Labute approximate surface area is 197 Å². The number of benzene rings is 2. The third-order valence-corrected chi connectivity index (χ3v) is 5.82. The normalized spacial score (nSPS) is 11.7. The number of anilines is 1. The van der Waals surface area contributed by atoms with Crippen LogP contribution in [0.4, 0.5) is 5.82 Å². The summed E-state index contributed by atoms with van der Waals surface area (Å²) in [7, 11) is 1.63. The van der Waals surface area contributed by atoms with Crippen molar-refractivity contribution in [1.29, 1.82) is 0 Å². The molecule has 4 rings (SSSR count). The number of nitrogens with two attached hydrogens (primary N) is 1. The van der Waals surface area contributed by atoms with Gasteiger partial charge in [0.1, 0.15) is 12.1 Å². The molecule has 2 aromatic heterocycles. The van der Waals surface area contributed by atoms with E-state index in [0.717, 1.165) is 34.1 Å². The molecule has 0 fully saturated rings. The summed E-state index contributed by atoms with van der Waals surface area (Å²) < 4.78 is 0. The summed E-state index contributed by atoms with van der Waals surface area (Å²) in [5.41, 5.74) is 9.96. The number of nitrogens with zero attached hydrogens (tertiary/aromatic N) is 3. The van der Waals surface area contributed by atoms with Crippen molar-refractivity contribution >= 4 is 28.5 Å². The van der Waals surface area contributed by atoms with Gasteiger partial charge in [-0.3, -0.25) is 14.6 Å². The average Bonchev–Trinajstić information content (AvgIpc) is 2.87. The predicted octanol–water partition coefficient (Wildman–Crippen LogP) is 3.76. The van der Waals surface area contributed by atoms with E-state index in [9.17, 15) is 9.59 Å². The molecule has 0 aliphatic heterocycles. The lowest BCUT2D eigenvalue weighted by atomic mass is 9.93. The lowest BCUT2D eigenvalue weighted by molar-refractivity contribution is 0.0963. The van der Waals surface area contributed by atoms with Gasteiger partial charge in [0, 0.05) is 42.4 Å². The molecule has 8 nitrogen and oxygen atoms in total. The van der Waals surface area contributed by atoms with Gasteiger partial charge in [-0.2, -0.15) is 0 Å². The van der Waals surface area contributed by atoms with Crippen LogP contribution >= 0.6 is 0 Å². The number of carbonyl (C=O) groups excluding carboxylic acids is 2. The second-order valence-corrected chi connectivity index (χ2v) is 8.03. The third kappa shape index (κ3) is 4.85. The summed E-state index contributed by atoms with van der Waals surface area (Å²) in [6, 6.07) is 16.6. The van der Waals surface area contributed by atoms with Crippen molar-refractivity contribution in [2.45, 2.75) is 19.3 Å². The summed E-state index contributed by atoms with van der Waals surface area (Å²) in [6.45, 7) is 2.85. The zero-order valence-electron chi connectivity index (χ0n) is 19.1. The molecule has 0 aliphatic rings. The fourth-order valence-electron chi connectivity index (χ4n) is 3.92. The van der Waals surface area contributed by atoms with E-state index in [2.05, 4.69) is 38.6 Å². The Kier molecular flexibility index (Phi) is 6.77. The smallest absolute Gasteiger partial charge is 0.251 e. The van der Waals surface area contributed by atoms with Crippen LogP contribution in [0.25, 0.3) is 22.2 Å². The largest absolute Gasteiger partial charge is 0.370 e. The molecule has 4 aromatic rings. The number of amides is 2. The molecule has 0 bridgehead atoms. The Hall–Kier alpha value is -4.33. The maximum atomic E-state index is 12.2. The molecular formula is C26H26N6O2. The van der Waals surface area contributed by atoms with Gasteiger partial charge >= 0.3 is 0 Å². The highest BCUT2D eigenvalue weighted by Crippen LogP contribution is 2.28. The number of primary amides is 1. The number of pyridine rings is 1. The van der Waals surface area contributed by atoms with Crippen molar-refractivity contribution in [3.05, 3.63) is 83.8 Å². The van der Waals surface area contributed by atoms with Gasteiger partial charge in [-0.05, 0) is 36.1 Å². The highest BCUT2D eigenvalue weighted by molar-refractivity contribution is 6.06. The molecule has 2 aromatic carbocycles. The van der Waals surface area contributed by atoms with E-state index in [1.54, 1.807) is 31.4 Å². The number of fused-ring (bicyclic) bond motifs is 1. The number of para-hydroxylation sites is 1. The Morgan fingerprint density at radius 1 is 1.03 bits per heavy atom. The summed E-state index contributed by atoms with van der Waals surface area (Å²) in [4.78, 5) is 36.7. The SMILES string of the molecule is CNC(=O)c1ccnc2c(C(C)CCNc3cc(-c4ccc(C(N)=O)cc4)ncn3)cccc12. The second kappa shape index (κ2) is 10.1. The molecular weight excluding hydrogens is 428 g/mol. The topological polar surface area (TPSA) is 123 Å². The van der Waals surface area contributed by atoms with Gasteiger partial charge in [0.15, 0.2) is 0 Å². The van der Waals surface area contributed by atoms with E-state index in [0.29, 0.717) is 23.5 Å². The molecule has 2 heterocycles. The van der Waals surface area contributed by atoms with Crippen LogP contribution in [-0.4, -0.2) is 40.4 Å². The summed E-state index contributed by atoms with van der Waals surface area (Å²) in [6.07, 6.45) is 4.04. The monoisotopic (exact) mass is 454 g/mol. The molecule has 4 N–H and O–H groups in total. The van der Waals surface area contributed by atoms with Crippen molar-refractivity contribution < 1.29 is 9.59 Å². The lowest BCUT2D eigenvalue weighted by Crippen LogP contribution is -2.18. The maximum absolute atomic E-state index is 12.2. The van der Waals surface area contributed by atoms with Crippen molar-refractivity contribution in [1.82, 2.24) is 20.3 Å². The summed E-state index contributed by atoms with van der Waals surface area (Å²) in [5.74, 6) is 0.347. The van der Waals surface area contributed by atoms with Gasteiger partial charge in [0.05, 0.1) is 16.8 Å². The number of carbonyl (C=O) groups is 2. The first-order valence-corrected chi connectivity index (χ1v) is 11.0. The average molecular weight is 455 g/mol. The molecule has 0 aliphatic carbocycles. The zero-order valence-corrected chi connectivity index (χ0v) is 19.1. The van der Waals surface area contributed by atoms with Crippen LogP contribution in [0.1, 0.15) is 45.5 Å². The van der Waals surface area contributed by atoms with Crippen LogP contribution < -0.4 is 16.4 Å². The quantitative estimate of drug-likeness (QED) is 0.373. The number of aromatic nitrogens is 3. The minimum atomic E-state index is -0.461. The van der Waals surface area contributed by atoms with Crippen molar-refractivity contribution in [2.24, 2.45) is 5.73 Å². The van der Waals surface area contributed by atoms with Gasteiger partial charge in [-0.25, -0.2) is 9.97 Å². The van der Waals surface area contributed by atoms with E-state index in [1.807, 2.05) is 30.3 Å². The molecule has 1 unspecified atom stereocenters. The van der Waals surface area contributed by atoms with E-state index < -0.39 is 5.91 Å². The minimum absolute atomic E-state index is 0.122. The molecule has 0 radical (unpaired) electrons. The number of rotatable bonds is 8. The van der Waals surface area contributed by atoms with Crippen molar-refractivity contribution in [2.75, 3.05) is 18.9 Å². The molecule has 0 saturated carbocycles. The standard InChI is InChI=1S/C26H26N6O2/c1-16(19-4-3-5-20-21(26(34)28-2)11-13-30-24(19)20)10-12-29-23-14-22(31-15-32-23)17-6-8-18(9-7-17)25(27)33/h3-9,11,13-16H,10,12H2,1-2H3,(H2,27,33)(H,28,34)(H,29,31,32). The lowest BCUT2D eigenvalue weighted by Gasteiger charge is -2.16. The van der Waals surface area contributed by atoms with Crippen LogP contribution in [0.2, 0.25) is 0 Å². The van der Waals surface area contributed by atoms with Gasteiger partial charge in [-0.1, -0.05) is 37.3 Å². The first-order chi connectivity index (χ1) is 16.5. The Balaban J connectivity index is 1.45. The molecule has 34 heavy (non-hydrogen) atoms. The first kappa shape index (κ1) is 22.8. The van der Waals surface area contributed by atoms with Gasteiger partial charge < -0.3 is 16.4 Å². The highest BCUT2D eigenvalue weighted by atomic mass is 16.1. The molecule has 2 amide bonds. The van der Waals surface area contributed by atoms with Gasteiger partial charge in [0.25, 0.3) is 5.91 Å². The van der Waals surface area contributed by atoms with Crippen LogP contribution in [0.15, 0.2) is 67.1 Å². The Morgan fingerprint density at radius 2 is 1.82 bits per heavy atom. The fraction of sp³-hybridized carbons (Fsp3) is 0.192. The summed E-state index contributed by atoms with van der Waals surface area (Å²) in [5, 5.41) is 6.90. The fourth-order valence-corrected chi connectivity index (χ4v) is 3.92. The summed E-state index contributed by atoms with van der Waals surface area (Å²) >= 11 is 0. The van der Waals surface area contributed by atoms with Crippen LogP contribution in [-0.2, 0) is 0 Å². The molecule has 8 heteroatoms. The number of hydrogen-bond donors (Lipinski definition) is 3. The van der Waals surface area contributed by atoms with Crippen LogP contribution in [0.3, 0.4) is 0 Å². The van der Waals surface area contributed by atoms with Gasteiger partial charge in [0.2, 0.25) is 5.91 Å². The zero-order chi connectivity index (χ0) is 24.1. The van der Waals surface area contributed by atoms with Crippen molar-refractivity contribution in [3.8, 4) is 11.3 Å². The number of hydrogen-bond acceptors (Lipinski definition) is 6. The first-order valence-electron chi connectivity index (χ1n) is 11.0. The third-order valence-electron chi connectivity index (χ3n) is 5.82. The molecule has 1 atom stereocenters. The van der Waals surface area contributed by atoms with Crippen LogP contribution in [0, 0.1) is 0 Å². The van der Waals surface area contributed by atoms with E-state index >= 15 is 0 Å². The van der Waals surface area contributed by atoms with E-state index in [4.69, 9.17) is 5.73 Å². The maximum Gasteiger partial charge on any atom is 0.251 e. The van der Waals surface area contributed by atoms with Gasteiger partial charge in [-0.15, -0.1) is 0 Å². The Morgan fingerprint density at radius 3 is 2.56 bits per heavy atom. The van der Waals surface area contributed by atoms with Crippen molar-refractivity contribution in [3.63, 3.8) is 0 Å². The second-order valence-electron chi connectivity index (χ2n) is 8.03. The minimum Gasteiger partial charge on any atom is -0.370 e. The molecule has 172 valence electrons. The molecule has 0 spiro atoms. The Bertz CT molecular complexity index is 1340. The number of nitrogens with one attached hydrogen (secondary N) is 2. The van der Waals surface area contributed by atoms with E-state index in [-0.39, 0.29) is 11.8 Å².